The summed E-state index contributed by atoms with van der Waals surface area (Å²) in [4.78, 5) is 2.14. The molecule has 4 heteroatoms. The maximum absolute atomic E-state index is 9.93. The van der Waals surface area contributed by atoms with Gasteiger partial charge >= 0.3 is 0 Å². The van der Waals surface area contributed by atoms with Crippen LogP contribution < -0.4 is 4.90 Å². The van der Waals surface area contributed by atoms with Gasteiger partial charge in [-0.2, -0.15) is 10.5 Å². The summed E-state index contributed by atoms with van der Waals surface area (Å²) in [6.07, 6.45) is 0. The molecule has 1 aliphatic rings. The Morgan fingerprint density at radius 2 is 1.78 bits per heavy atom. The average Bonchev–Trinajstić information content (AvgIpc) is 2.56. The topological polar surface area (TPSA) is 50.8 Å². The zero-order valence-electron chi connectivity index (χ0n) is 13.0. The van der Waals surface area contributed by atoms with Crippen molar-refractivity contribution in [2.75, 3.05) is 18.5 Å². The molecule has 114 valence electrons. The number of halogens is 1. The zero-order chi connectivity index (χ0) is 16.6. The standard InChI is InChI=1S/C19H16BrN3/c1-13-3-8-16-18(9-13)23(2)10-17(19(16,11-21)12-22)14-4-6-15(20)7-5-14/h3-9,17H,10H2,1-2H3. The molecular weight excluding hydrogens is 350 g/mol. The minimum absolute atomic E-state index is 0.189. The van der Waals surface area contributed by atoms with Crippen LogP contribution in [0, 0.1) is 29.6 Å². The number of rotatable bonds is 1. The normalized spacial score (nSPS) is 18.7. The first-order valence-electron chi connectivity index (χ1n) is 7.42. The van der Waals surface area contributed by atoms with Crippen LogP contribution in [0.15, 0.2) is 46.9 Å². The number of fused-ring (bicyclic) bond motifs is 1. The van der Waals surface area contributed by atoms with Gasteiger partial charge in [0.15, 0.2) is 5.41 Å². The number of anilines is 1. The first-order chi connectivity index (χ1) is 11.0. The molecule has 0 spiro atoms. The van der Waals surface area contributed by atoms with E-state index in [0.717, 1.165) is 26.9 Å². The van der Waals surface area contributed by atoms with Crippen LogP contribution >= 0.6 is 15.9 Å². The van der Waals surface area contributed by atoms with E-state index < -0.39 is 5.41 Å². The van der Waals surface area contributed by atoms with Crippen LogP contribution in [0.5, 0.6) is 0 Å². The third-order valence-electron chi connectivity index (χ3n) is 4.59. The fraction of sp³-hybridized carbons (Fsp3) is 0.263. The van der Waals surface area contributed by atoms with Crippen LogP contribution in [-0.4, -0.2) is 13.6 Å². The number of likely N-dealkylation sites (N-methyl/N-ethyl adjacent to an activating group) is 1. The Bertz CT molecular complexity index is 813. The minimum atomic E-state index is -1.16. The van der Waals surface area contributed by atoms with Gasteiger partial charge in [0.1, 0.15) is 0 Å². The Kier molecular flexibility index (Phi) is 3.88. The lowest BCUT2D eigenvalue weighted by molar-refractivity contribution is 0.505. The maximum atomic E-state index is 9.93. The van der Waals surface area contributed by atoms with Gasteiger partial charge in [0.2, 0.25) is 0 Å². The molecule has 1 atom stereocenters. The van der Waals surface area contributed by atoms with E-state index in [1.807, 2.05) is 50.4 Å². The van der Waals surface area contributed by atoms with Crippen molar-refractivity contribution in [3.63, 3.8) is 0 Å². The third-order valence-corrected chi connectivity index (χ3v) is 5.12. The molecule has 0 amide bonds. The molecule has 2 aromatic carbocycles. The van der Waals surface area contributed by atoms with Gasteiger partial charge in [-0.25, -0.2) is 0 Å². The molecule has 2 aromatic rings. The molecule has 0 saturated heterocycles. The number of aryl methyl sites for hydroxylation is 1. The van der Waals surface area contributed by atoms with Gasteiger partial charge < -0.3 is 4.90 Å². The van der Waals surface area contributed by atoms with Crippen molar-refractivity contribution in [1.82, 2.24) is 0 Å². The highest BCUT2D eigenvalue weighted by molar-refractivity contribution is 9.10. The minimum Gasteiger partial charge on any atom is -0.374 e. The van der Waals surface area contributed by atoms with E-state index in [-0.39, 0.29) is 5.92 Å². The molecule has 0 aromatic heterocycles. The Morgan fingerprint density at radius 3 is 2.39 bits per heavy atom. The van der Waals surface area contributed by atoms with E-state index in [1.165, 1.54) is 0 Å². The van der Waals surface area contributed by atoms with E-state index in [4.69, 9.17) is 0 Å². The van der Waals surface area contributed by atoms with Crippen molar-refractivity contribution in [1.29, 1.82) is 10.5 Å². The molecule has 1 heterocycles. The zero-order valence-corrected chi connectivity index (χ0v) is 14.6. The first-order valence-corrected chi connectivity index (χ1v) is 8.21. The molecule has 3 rings (SSSR count). The lowest BCUT2D eigenvalue weighted by atomic mass is 9.66. The predicted octanol–water partition coefficient (Wildman–Crippen LogP) is 4.28. The Labute approximate surface area is 144 Å². The molecule has 1 aliphatic heterocycles. The largest absolute Gasteiger partial charge is 0.374 e. The maximum Gasteiger partial charge on any atom is 0.179 e. The van der Waals surface area contributed by atoms with Crippen molar-refractivity contribution in [3.05, 3.63) is 63.6 Å². The lowest BCUT2D eigenvalue weighted by Crippen LogP contribution is -2.44. The van der Waals surface area contributed by atoms with Crippen molar-refractivity contribution < 1.29 is 0 Å². The number of hydrogen-bond donors (Lipinski definition) is 0. The molecular formula is C19H16BrN3. The van der Waals surface area contributed by atoms with E-state index in [0.29, 0.717) is 6.54 Å². The summed E-state index contributed by atoms with van der Waals surface area (Å²) in [5.41, 5.74) is 2.75. The number of nitrogens with zero attached hydrogens (tertiary/aromatic N) is 3. The highest BCUT2D eigenvalue weighted by Crippen LogP contribution is 2.47. The molecule has 0 radical (unpaired) electrons. The highest BCUT2D eigenvalue weighted by Gasteiger charge is 2.48. The molecule has 1 unspecified atom stereocenters. The van der Waals surface area contributed by atoms with E-state index in [1.54, 1.807) is 0 Å². The Balaban J connectivity index is 2.23. The van der Waals surface area contributed by atoms with Crippen molar-refractivity contribution >= 4 is 21.6 Å². The fourth-order valence-corrected chi connectivity index (χ4v) is 3.60. The summed E-state index contributed by atoms with van der Waals surface area (Å²) in [6.45, 7) is 2.66. The summed E-state index contributed by atoms with van der Waals surface area (Å²) >= 11 is 3.44. The van der Waals surface area contributed by atoms with Crippen LogP contribution in [0.25, 0.3) is 0 Å². The summed E-state index contributed by atoms with van der Waals surface area (Å²) < 4.78 is 0.987. The Hall–Kier alpha value is -2.30. The van der Waals surface area contributed by atoms with E-state index in [9.17, 15) is 10.5 Å². The van der Waals surface area contributed by atoms with Gasteiger partial charge in [-0.05, 0) is 36.2 Å². The second kappa shape index (κ2) is 5.72. The van der Waals surface area contributed by atoms with E-state index >= 15 is 0 Å². The first kappa shape index (κ1) is 15.6. The molecule has 3 nitrogen and oxygen atoms in total. The monoisotopic (exact) mass is 365 g/mol. The molecule has 23 heavy (non-hydrogen) atoms. The molecule has 0 bridgehead atoms. The fourth-order valence-electron chi connectivity index (χ4n) is 3.34. The highest BCUT2D eigenvalue weighted by atomic mass is 79.9. The van der Waals surface area contributed by atoms with Gasteiger partial charge in [0, 0.05) is 35.2 Å². The van der Waals surface area contributed by atoms with Crippen molar-refractivity contribution in [2.45, 2.75) is 18.3 Å². The van der Waals surface area contributed by atoms with Crippen LogP contribution in [0.1, 0.15) is 22.6 Å². The predicted molar refractivity (Wildman–Crippen MR) is 94.2 cm³/mol. The van der Waals surface area contributed by atoms with Gasteiger partial charge in [-0.3, -0.25) is 0 Å². The lowest BCUT2D eigenvalue weighted by Gasteiger charge is -2.41. The molecule has 0 N–H and O–H groups in total. The van der Waals surface area contributed by atoms with Crippen LogP contribution in [-0.2, 0) is 5.41 Å². The van der Waals surface area contributed by atoms with Crippen LogP contribution in [0.3, 0.4) is 0 Å². The second-order valence-corrected chi connectivity index (χ2v) is 6.95. The Morgan fingerprint density at radius 1 is 1.13 bits per heavy atom. The van der Waals surface area contributed by atoms with Crippen molar-refractivity contribution in [2.24, 2.45) is 0 Å². The smallest absolute Gasteiger partial charge is 0.179 e. The molecule has 0 aliphatic carbocycles. The number of benzene rings is 2. The molecule has 0 fully saturated rings. The quantitative estimate of drug-likeness (QED) is 0.757. The van der Waals surface area contributed by atoms with Crippen molar-refractivity contribution in [3.8, 4) is 12.1 Å². The molecule has 0 saturated carbocycles. The second-order valence-electron chi connectivity index (χ2n) is 6.04. The van der Waals surface area contributed by atoms with Gasteiger partial charge in [0.05, 0.1) is 12.1 Å². The third kappa shape index (κ3) is 2.40. The summed E-state index contributed by atoms with van der Waals surface area (Å²) in [5.74, 6) is -0.189. The number of nitriles is 2. The van der Waals surface area contributed by atoms with Gasteiger partial charge in [0.25, 0.3) is 0 Å². The average molecular weight is 366 g/mol. The SMILES string of the molecule is Cc1ccc2c(c1)N(C)CC(c1ccc(Br)cc1)C2(C#N)C#N. The summed E-state index contributed by atoms with van der Waals surface area (Å²) in [7, 11) is 2.02. The summed E-state index contributed by atoms with van der Waals surface area (Å²) in [5, 5.41) is 19.9. The van der Waals surface area contributed by atoms with Gasteiger partial charge in [-0.1, -0.05) is 40.2 Å². The number of hydrogen-bond acceptors (Lipinski definition) is 3. The van der Waals surface area contributed by atoms with Gasteiger partial charge in [-0.15, -0.1) is 0 Å². The van der Waals surface area contributed by atoms with Crippen LogP contribution in [0.2, 0.25) is 0 Å². The van der Waals surface area contributed by atoms with E-state index in [2.05, 4.69) is 39.0 Å². The van der Waals surface area contributed by atoms with Crippen LogP contribution in [0.4, 0.5) is 5.69 Å². The summed E-state index contributed by atoms with van der Waals surface area (Å²) in [6, 6.07) is 18.5.